The maximum atomic E-state index is 13.1. The number of carbonyl (C=O) groups is 1. The van der Waals surface area contributed by atoms with Crippen molar-refractivity contribution >= 4 is 17.2 Å². The topological polar surface area (TPSA) is 44.4 Å². The van der Waals surface area contributed by atoms with E-state index in [-0.39, 0.29) is 17.9 Å². The van der Waals surface area contributed by atoms with Crippen LogP contribution >= 0.6 is 0 Å². The molecule has 0 radical (unpaired) electrons. The molecule has 0 bridgehead atoms. The van der Waals surface area contributed by atoms with E-state index in [1.54, 1.807) is 0 Å². The predicted octanol–water partition coefficient (Wildman–Crippen LogP) is 3.79. The van der Waals surface area contributed by atoms with E-state index in [2.05, 4.69) is 65.9 Å². The van der Waals surface area contributed by atoms with Gasteiger partial charge >= 0.3 is 0 Å². The lowest BCUT2D eigenvalue weighted by molar-refractivity contribution is -0.125. The van der Waals surface area contributed by atoms with Crippen LogP contribution in [0.5, 0.6) is 0 Å². The van der Waals surface area contributed by atoms with Crippen LogP contribution in [0.1, 0.15) is 42.0 Å². The fraction of sp³-hybridized carbons (Fsp3) is 0.375. The molecule has 0 saturated heterocycles. The van der Waals surface area contributed by atoms with Gasteiger partial charge in [0.05, 0.1) is 12.0 Å². The molecule has 1 aliphatic carbocycles. The van der Waals surface area contributed by atoms with Crippen LogP contribution < -0.4 is 10.6 Å². The highest BCUT2D eigenvalue weighted by molar-refractivity contribution is 5.87. The first kappa shape index (κ1) is 17.5. The highest BCUT2D eigenvalue weighted by Crippen LogP contribution is 2.48. The van der Waals surface area contributed by atoms with Crippen LogP contribution in [-0.4, -0.2) is 37.0 Å². The number of nitrogens with zero attached hydrogens (tertiary/aromatic N) is 1. The zero-order valence-electron chi connectivity index (χ0n) is 16.5. The molecule has 144 valence electrons. The van der Waals surface area contributed by atoms with Crippen molar-refractivity contribution in [1.29, 1.82) is 0 Å². The summed E-state index contributed by atoms with van der Waals surface area (Å²) in [4.78, 5) is 15.4. The zero-order valence-corrected chi connectivity index (χ0v) is 16.5. The molecule has 5 rings (SSSR count). The molecular formula is C24H27N3O. The summed E-state index contributed by atoms with van der Waals surface area (Å²) in [5, 5.41) is 6.78. The Morgan fingerprint density at radius 2 is 2.00 bits per heavy atom. The van der Waals surface area contributed by atoms with Crippen molar-refractivity contribution in [2.24, 2.45) is 5.92 Å². The Bertz CT molecular complexity index is 936. The van der Waals surface area contributed by atoms with Gasteiger partial charge in [-0.05, 0) is 48.7 Å². The monoisotopic (exact) mass is 373 g/mol. The molecule has 4 nitrogen and oxygen atoms in total. The minimum Gasteiger partial charge on any atom is -0.384 e. The summed E-state index contributed by atoms with van der Waals surface area (Å²) in [5.74, 6) is 0.574. The number of hydrogen-bond donors (Lipinski definition) is 2. The normalized spacial score (nSPS) is 26.5. The number of carbonyl (C=O) groups excluding carboxylic acids is 1. The van der Waals surface area contributed by atoms with E-state index in [0.29, 0.717) is 12.0 Å². The molecule has 2 heterocycles. The van der Waals surface area contributed by atoms with Crippen LogP contribution in [0, 0.1) is 5.92 Å². The number of rotatable bonds is 3. The van der Waals surface area contributed by atoms with Gasteiger partial charge in [0.15, 0.2) is 0 Å². The van der Waals surface area contributed by atoms with Gasteiger partial charge in [-0.15, -0.1) is 0 Å². The lowest BCUT2D eigenvalue weighted by Crippen LogP contribution is -2.47. The molecular weight excluding hydrogens is 346 g/mol. The molecule has 3 aliphatic rings. The summed E-state index contributed by atoms with van der Waals surface area (Å²) in [6.45, 7) is 3.86. The second-order valence-electron chi connectivity index (χ2n) is 8.41. The number of amides is 1. The smallest absolute Gasteiger partial charge is 0.228 e. The highest BCUT2D eigenvalue weighted by Gasteiger charge is 2.40. The van der Waals surface area contributed by atoms with E-state index in [4.69, 9.17) is 0 Å². The first-order chi connectivity index (χ1) is 13.6. The highest BCUT2D eigenvalue weighted by atomic mass is 16.2. The fourth-order valence-corrected chi connectivity index (χ4v) is 5.15. The van der Waals surface area contributed by atoms with Gasteiger partial charge in [0.2, 0.25) is 5.91 Å². The van der Waals surface area contributed by atoms with Gasteiger partial charge in [-0.3, -0.25) is 9.69 Å². The van der Waals surface area contributed by atoms with E-state index in [1.807, 2.05) is 18.2 Å². The first-order valence-corrected chi connectivity index (χ1v) is 10.3. The van der Waals surface area contributed by atoms with E-state index < -0.39 is 0 Å². The number of fused-ring (bicyclic) bond motifs is 2. The molecule has 2 aromatic carbocycles. The summed E-state index contributed by atoms with van der Waals surface area (Å²) < 4.78 is 0. The van der Waals surface area contributed by atoms with Crippen molar-refractivity contribution in [3.05, 3.63) is 71.3 Å². The third-order valence-electron chi connectivity index (χ3n) is 6.62. The van der Waals surface area contributed by atoms with E-state index in [0.717, 1.165) is 25.1 Å². The van der Waals surface area contributed by atoms with Crippen molar-refractivity contribution in [3.63, 3.8) is 0 Å². The molecule has 0 spiro atoms. The average molecular weight is 374 g/mol. The second kappa shape index (κ2) is 6.78. The Hall–Kier alpha value is -2.59. The minimum absolute atomic E-state index is 0.0102. The van der Waals surface area contributed by atoms with E-state index >= 15 is 0 Å². The second-order valence-corrected chi connectivity index (χ2v) is 8.41. The van der Waals surface area contributed by atoms with Crippen LogP contribution in [-0.2, 0) is 4.79 Å². The zero-order chi connectivity index (χ0) is 19.3. The Morgan fingerprint density at radius 3 is 2.82 bits per heavy atom. The molecule has 0 aromatic heterocycles. The van der Waals surface area contributed by atoms with Crippen LogP contribution in [0.25, 0.3) is 5.57 Å². The van der Waals surface area contributed by atoms with Crippen molar-refractivity contribution < 1.29 is 4.79 Å². The summed E-state index contributed by atoms with van der Waals surface area (Å²) in [6, 6.07) is 17.1. The van der Waals surface area contributed by atoms with Crippen molar-refractivity contribution in [2.45, 2.75) is 31.3 Å². The maximum absolute atomic E-state index is 13.1. The summed E-state index contributed by atoms with van der Waals surface area (Å²) >= 11 is 0. The predicted molar refractivity (Wildman–Crippen MR) is 113 cm³/mol. The third kappa shape index (κ3) is 2.83. The first-order valence-electron chi connectivity index (χ1n) is 10.3. The summed E-state index contributed by atoms with van der Waals surface area (Å²) in [6.07, 6.45) is 3.37. The molecule has 0 saturated carbocycles. The quantitative estimate of drug-likeness (QED) is 0.860. The van der Waals surface area contributed by atoms with Gasteiger partial charge in [-0.2, -0.15) is 0 Å². The SMILES string of the molecule is C[C@H](NC(=O)[C@@H]1C=C2c3cccc4c3[C@@H](CN4)C[C@H]2N(C)C1)c1ccccc1. The number of nitrogens with one attached hydrogen (secondary N) is 2. The molecule has 4 heteroatoms. The Balaban J connectivity index is 1.43. The molecule has 28 heavy (non-hydrogen) atoms. The molecule has 0 fully saturated rings. The standard InChI is InChI=1S/C24H27N3O/c1-15(16-7-4-3-5-8-16)26-24(28)18-11-20-19-9-6-10-21-23(19)17(13-25-21)12-22(20)27(2)14-18/h3-11,15,17-18,22,25H,12-14H2,1-2H3,(H,26,28)/t15-,17+,18+,22+/m0/s1. The lowest BCUT2D eigenvalue weighted by Gasteiger charge is -2.42. The molecule has 2 aromatic rings. The largest absolute Gasteiger partial charge is 0.384 e. The van der Waals surface area contributed by atoms with Gasteiger partial charge in [0, 0.05) is 30.7 Å². The third-order valence-corrected chi connectivity index (χ3v) is 6.62. The Kier molecular flexibility index (Phi) is 4.24. The van der Waals surface area contributed by atoms with Gasteiger partial charge in [-0.1, -0.05) is 48.5 Å². The van der Waals surface area contributed by atoms with Gasteiger partial charge < -0.3 is 10.6 Å². The maximum Gasteiger partial charge on any atom is 0.228 e. The van der Waals surface area contributed by atoms with Crippen LogP contribution in [0.15, 0.2) is 54.6 Å². The van der Waals surface area contributed by atoms with Gasteiger partial charge in [0.1, 0.15) is 0 Å². The fourth-order valence-electron chi connectivity index (χ4n) is 5.15. The summed E-state index contributed by atoms with van der Waals surface area (Å²) in [7, 11) is 2.16. The van der Waals surface area contributed by atoms with E-state index in [9.17, 15) is 4.79 Å². The van der Waals surface area contributed by atoms with Crippen LogP contribution in [0.3, 0.4) is 0 Å². The minimum atomic E-state index is -0.121. The number of benzene rings is 2. The van der Waals surface area contributed by atoms with Gasteiger partial charge in [-0.25, -0.2) is 0 Å². The Labute approximate surface area is 166 Å². The van der Waals surface area contributed by atoms with Gasteiger partial charge in [0.25, 0.3) is 0 Å². The number of anilines is 1. The Morgan fingerprint density at radius 1 is 1.18 bits per heavy atom. The van der Waals surface area contributed by atoms with Crippen molar-refractivity contribution in [2.75, 3.05) is 25.5 Å². The molecule has 0 unspecified atom stereocenters. The average Bonchev–Trinajstić information content (AvgIpc) is 3.13. The molecule has 2 N–H and O–H groups in total. The number of likely N-dealkylation sites (N-methyl/N-ethyl adjacent to an activating group) is 1. The summed E-state index contributed by atoms with van der Waals surface area (Å²) in [5.41, 5.74) is 6.53. The molecule has 1 amide bonds. The van der Waals surface area contributed by atoms with E-state index in [1.165, 1.54) is 22.4 Å². The lowest BCUT2D eigenvalue weighted by atomic mass is 9.74. The molecule has 4 atom stereocenters. The van der Waals surface area contributed by atoms with Crippen molar-refractivity contribution in [1.82, 2.24) is 10.2 Å². The molecule has 2 aliphatic heterocycles. The number of hydrogen-bond acceptors (Lipinski definition) is 3. The van der Waals surface area contributed by atoms with Crippen molar-refractivity contribution in [3.8, 4) is 0 Å². The van der Waals surface area contributed by atoms with Crippen LogP contribution in [0.2, 0.25) is 0 Å². The van der Waals surface area contributed by atoms with Crippen LogP contribution in [0.4, 0.5) is 5.69 Å².